The van der Waals surface area contributed by atoms with E-state index >= 15 is 0 Å². The fraction of sp³-hybridized carbons (Fsp3) is 0.708. The van der Waals surface area contributed by atoms with E-state index in [0.717, 1.165) is 44.0 Å². The van der Waals surface area contributed by atoms with Crippen molar-refractivity contribution in [3.8, 4) is 5.75 Å². The van der Waals surface area contributed by atoms with Crippen LogP contribution in [0.1, 0.15) is 56.1 Å². The van der Waals surface area contributed by atoms with Gasteiger partial charge in [0.1, 0.15) is 11.5 Å². The maximum atomic E-state index is 12.4. The number of carbonyl (C=O) groups excluding carboxylic acids is 1. The molecule has 1 aromatic rings. The van der Waals surface area contributed by atoms with E-state index in [1.54, 1.807) is 7.11 Å². The maximum Gasteiger partial charge on any atom is 0.136 e. The standard InChI is InChI=1S/C24H35NO4/c1-29-21-7-6-19-14-23(24(28)10-8-22(27)20(15-24)9-12-26)25(16-17-4-5-17)11-2-3-18(19)13-21/h6-7,13,17,20,23,26,28H,2-5,8-12,14-16H2,1H3/t20-,23+,24+/m0/s1. The Labute approximate surface area is 174 Å². The minimum atomic E-state index is -0.878. The van der Waals surface area contributed by atoms with Crippen molar-refractivity contribution in [1.82, 2.24) is 4.90 Å². The van der Waals surface area contributed by atoms with Gasteiger partial charge in [0.25, 0.3) is 0 Å². The summed E-state index contributed by atoms with van der Waals surface area (Å²) in [5.74, 6) is 1.63. The summed E-state index contributed by atoms with van der Waals surface area (Å²) in [6, 6.07) is 6.34. The molecule has 1 aromatic carbocycles. The van der Waals surface area contributed by atoms with Crippen molar-refractivity contribution >= 4 is 5.78 Å². The van der Waals surface area contributed by atoms with E-state index in [-0.39, 0.29) is 24.3 Å². The average Bonchev–Trinajstić information content (AvgIpc) is 3.51. The quantitative estimate of drug-likeness (QED) is 0.767. The maximum absolute atomic E-state index is 12.4. The molecule has 1 aliphatic heterocycles. The average molecular weight is 402 g/mol. The van der Waals surface area contributed by atoms with Gasteiger partial charge in [-0.1, -0.05) is 6.07 Å². The number of benzene rings is 1. The fourth-order valence-electron chi connectivity index (χ4n) is 5.42. The lowest BCUT2D eigenvalue weighted by Gasteiger charge is -2.47. The predicted octanol–water partition coefficient (Wildman–Crippen LogP) is 2.75. The number of aryl methyl sites for hydroxylation is 1. The zero-order valence-electron chi connectivity index (χ0n) is 17.6. The topological polar surface area (TPSA) is 70.0 Å². The normalized spacial score (nSPS) is 31.1. The Balaban J connectivity index is 1.64. The second-order valence-electron chi connectivity index (χ2n) is 9.38. The van der Waals surface area contributed by atoms with Crippen molar-refractivity contribution in [3.05, 3.63) is 29.3 Å². The van der Waals surface area contributed by atoms with Gasteiger partial charge in [-0.25, -0.2) is 0 Å². The molecule has 0 aromatic heterocycles. The summed E-state index contributed by atoms with van der Waals surface area (Å²) in [6.07, 6.45) is 7.39. The van der Waals surface area contributed by atoms with Gasteiger partial charge < -0.3 is 14.9 Å². The largest absolute Gasteiger partial charge is 0.497 e. The van der Waals surface area contributed by atoms with Gasteiger partial charge in [0.15, 0.2) is 0 Å². The molecular formula is C24H35NO4. The highest BCUT2D eigenvalue weighted by atomic mass is 16.5. The van der Waals surface area contributed by atoms with E-state index in [4.69, 9.17) is 4.74 Å². The highest BCUT2D eigenvalue weighted by Gasteiger charge is 2.47. The number of hydrogen-bond acceptors (Lipinski definition) is 5. The molecule has 0 amide bonds. The van der Waals surface area contributed by atoms with Crippen molar-refractivity contribution < 1.29 is 19.7 Å². The van der Waals surface area contributed by atoms with Crippen LogP contribution in [0.3, 0.4) is 0 Å². The van der Waals surface area contributed by atoms with Crippen LogP contribution in [0.15, 0.2) is 18.2 Å². The number of methoxy groups -OCH3 is 1. The number of ether oxygens (including phenoxy) is 1. The smallest absolute Gasteiger partial charge is 0.136 e. The van der Waals surface area contributed by atoms with Gasteiger partial charge in [0.05, 0.1) is 12.7 Å². The van der Waals surface area contributed by atoms with Gasteiger partial charge in [-0.2, -0.15) is 0 Å². The molecule has 3 aliphatic rings. The number of carbonyl (C=O) groups is 1. The lowest BCUT2D eigenvalue weighted by molar-refractivity contribution is -0.139. The Morgan fingerprint density at radius 3 is 2.79 bits per heavy atom. The van der Waals surface area contributed by atoms with Crippen LogP contribution in [0.2, 0.25) is 0 Å². The first kappa shape index (κ1) is 20.8. The molecule has 2 fully saturated rings. The molecule has 29 heavy (non-hydrogen) atoms. The molecule has 0 bridgehead atoms. The van der Waals surface area contributed by atoms with Crippen LogP contribution >= 0.6 is 0 Å². The SMILES string of the molecule is COc1ccc2c(c1)CCCN(CC1CC1)[C@@H]([C@@]1(O)CCC(=O)[C@@H](CCO)C1)C2. The fourth-order valence-corrected chi connectivity index (χ4v) is 5.42. The van der Waals surface area contributed by atoms with E-state index in [0.29, 0.717) is 25.7 Å². The molecule has 4 rings (SSSR count). The van der Waals surface area contributed by atoms with Crippen molar-refractivity contribution in [2.45, 2.75) is 69.4 Å². The van der Waals surface area contributed by atoms with Crippen molar-refractivity contribution in [1.29, 1.82) is 0 Å². The molecule has 0 unspecified atom stereocenters. The number of Topliss-reactive ketones (excluding diaryl/α,β-unsaturated/α-hetero) is 1. The van der Waals surface area contributed by atoms with Crippen molar-refractivity contribution in [2.24, 2.45) is 11.8 Å². The lowest BCUT2D eigenvalue weighted by atomic mass is 9.70. The van der Waals surface area contributed by atoms with Crippen LogP contribution in [0.4, 0.5) is 0 Å². The Hall–Kier alpha value is -1.43. The molecule has 2 N–H and O–H groups in total. The third kappa shape index (κ3) is 4.68. The van der Waals surface area contributed by atoms with Gasteiger partial charge in [-0.05, 0) is 87.1 Å². The summed E-state index contributed by atoms with van der Waals surface area (Å²) in [4.78, 5) is 14.9. The number of aliphatic hydroxyl groups excluding tert-OH is 1. The minimum Gasteiger partial charge on any atom is -0.497 e. The first-order valence-electron chi connectivity index (χ1n) is 11.3. The molecule has 2 saturated carbocycles. The Morgan fingerprint density at radius 2 is 2.07 bits per heavy atom. The van der Waals surface area contributed by atoms with Crippen LogP contribution < -0.4 is 4.74 Å². The monoisotopic (exact) mass is 401 g/mol. The van der Waals surface area contributed by atoms with Gasteiger partial charge in [-0.15, -0.1) is 0 Å². The number of hydrogen-bond donors (Lipinski definition) is 2. The number of nitrogens with zero attached hydrogens (tertiary/aromatic N) is 1. The van der Waals surface area contributed by atoms with Crippen LogP contribution in [0.5, 0.6) is 5.75 Å². The molecule has 0 radical (unpaired) electrons. The van der Waals surface area contributed by atoms with Crippen LogP contribution in [0, 0.1) is 11.8 Å². The number of aliphatic hydroxyl groups is 2. The Morgan fingerprint density at radius 1 is 1.24 bits per heavy atom. The van der Waals surface area contributed by atoms with Crippen LogP contribution in [-0.2, 0) is 17.6 Å². The molecule has 160 valence electrons. The van der Waals surface area contributed by atoms with E-state index < -0.39 is 5.60 Å². The van der Waals surface area contributed by atoms with E-state index in [1.807, 2.05) is 6.07 Å². The molecule has 5 heteroatoms. The van der Waals surface area contributed by atoms with Crippen molar-refractivity contribution in [3.63, 3.8) is 0 Å². The zero-order valence-corrected chi connectivity index (χ0v) is 17.6. The molecule has 2 aliphatic carbocycles. The van der Waals surface area contributed by atoms with Crippen molar-refractivity contribution in [2.75, 3.05) is 26.8 Å². The molecule has 1 heterocycles. The Bertz CT molecular complexity index is 732. The summed E-state index contributed by atoms with van der Waals surface area (Å²) in [7, 11) is 1.70. The summed E-state index contributed by atoms with van der Waals surface area (Å²) in [5, 5.41) is 21.3. The number of rotatable bonds is 6. The van der Waals surface area contributed by atoms with Gasteiger partial charge >= 0.3 is 0 Å². The second kappa shape index (κ2) is 8.75. The Kier molecular flexibility index (Phi) is 6.28. The van der Waals surface area contributed by atoms with E-state index in [9.17, 15) is 15.0 Å². The van der Waals surface area contributed by atoms with E-state index in [2.05, 4.69) is 17.0 Å². The summed E-state index contributed by atoms with van der Waals surface area (Å²) in [5.41, 5.74) is 1.74. The van der Waals surface area contributed by atoms with E-state index in [1.165, 1.54) is 24.0 Å². The lowest BCUT2D eigenvalue weighted by Crippen LogP contribution is -2.58. The van der Waals surface area contributed by atoms with Crippen LogP contribution in [-0.4, -0.2) is 59.3 Å². The van der Waals surface area contributed by atoms with Gasteiger partial charge in [-0.3, -0.25) is 9.69 Å². The first-order chi connectivity index (χ1) is 14.0. The number of ketones is 1. The highest BCUT2D eigenvalue weighted by Crippen LogP contribution is 2.40. The first-order valence-corrected chi connectivity index (χ1v) is 11.3. The molecule has 0 saturated heterocycles. The molecule has 5 nitrogen and oxygen atoms in total. The third-order valence-electron chi connectivity index (χ3n) is 7.31. The minimum absolute atomic E-state index is 0.00553. The molecule has 0 spiro atoms. The van der Waals surface area contributed by atoms with Gasteiger partial charge in [0, 0.05) is 31.5 Å². The summed E-state index contributed by atoms with van der Waals surface area (Å²) in [6.45, 7) is 2.04. The van der Waals surface area contributed by atoms with Crippen LogP contribution in [0.25, 0.3) is 0 Å². The molecular weight excluding hydrogens is 366 g/mol. The predicted molar refractivity (Wildman–Crippen MR) is 112 cm³/mol. The van der Waals surface area contributed by atoms with Gasteiger partial charge in [0.2, 0.25) is 0 Å². The summed E-state index contributed by atoms with van der Waals surface area (Å²) >= 11 is 0. The second-order valence-corrected chi connectivity index (χ2v) is 9.38. The molecule has 3 atom stereocenters. The zero-order chi connectivity index (χ0) is 20.4. The third-order valence-corrected chi connectivity index (χ3v) is 7.31. The number of fused-ring (bicyclic) bond motifs is 1. The summed E-state index contributed by atoms with van der Waals surface area (Å²) < 4.78 is 5.43. The highest BCUT2D eigenvalue weighted by molar-refractivity contribution is 5.82.